The van der Waals surface area contributed by atoms with Crippen LogP contribution in [-0.4, -0.2) is 16.3 Å². The molecule has 0 saturated heterocycles. The Kier molecular flexibility index (Phi) is 2.75. The summed E-state index contributed by atoms with van der Waals surface area (Å²) in [6.07, 6.45) is 0.416. The fraction of sp³-hybridized carbons (Fsp3) is 0.250. The average Bonchev–Trinajstić information content (AvgIpc) is 2.26. The van der Waals surface area contributed by atoms with Gasteiger partial charge in [-0.15, -0.1) is 0 Å². The van der Waals surface area contributed by atoms with E-state index in [0.717, 1.165) is 5.69 Å². The molecule has 0 radical (unpaired) electrons. The van der Waals surface area contributed by atoms with Gasteiger partial charge < -0.3 is 9.67 Å². The Morgan fingerprint density at radius 1 is 1.38 bits per heavy atom. The van der Waals surface area contributed by atoms with Crippen molar-refractivity contribution in [2.24, 2.45) is 7.05 Å². The van der Waals surface area contributed by atoms with Crippen LogP contribution in [0, 0.1) is 5.82 Å². The summed E-state index contributed by atoms with van der Waals surface area (Å²) in [5.74, 6) is -0.417. The Balaban J connectivity index is 2.79. The molecule has 1 N–H and O–H groups in total. The van der Waals surface area contributed by atoms with Gasteiger partial charge in [0.2, 0.25) is 0 Å². The second-order valence-electron chi connectivity index (χ2n) is 3.69. The molecule has 0 amide bonds. The van der Waals surface area contributed by atoms with Crippen LogP contribution in [-0.2, 0) is 13.5 Å². The summed E-state index contributed by atoms with van der Waals surface area (Å²) >= 11 is 0. The van der Waals surface area contributed by atoms with Gasteiger partial charge in [0.15, 0.2) is 5.43 Å². The number of aliphatic hydroxyl groups excluding tert-OH is 1. The lowest BCUT2D eigenvalue weighted by atomic mass is 10.1. The van der Waals surface area contributed by atoms with E-state index in [1.165, 1.54) is 18.2 Å². The molecular formula is C12H12FNO2. The molecule has 0 unspecified atom stereocenters. The molecule has 4 heteroatoms. The summed E-state index contributed by atoms with van der Waals surface area (Å²) in [7, 11) is 1.80. The van der Waals surface area contributed by atoms with E-state index < -0.39 is 5.82 Å². The van der Waals surface area contributed by atoms with Gasteiger partial charge in [-0.05, 0) is 18.2 Å². The van der Waals surface area contributed by atoms with Crippen molar-refractivity contribution in [3.05, 3.63) is 46.0 Å². The second kappa shape index (κ2) is 4.06. The van der Waals surface area contributed by atoms with Crippen molar-refractivity contribution in [2.45, 2.75) is 6.42 Å². The zero-order valence-electron chi connectivity index (χ0n) is 8.90. The maximum atomic E-state index is 13.0. The van der Waals surface area contributed by atoms with E-state index >= 15 is 0 Å². The molecule has 1 heterocycles. The number of aliphatic hydroxyl groups is 1. The summed E-state index contributed by atoms with van der Waals surface area (Å²) in [6.45, 7) is -0.0139. The van der Waals surface area contributed by atoms with Crippen LogP contribution >= 0.6 is 0 Å². The number of hydrogen-bond acceptors (Lipinski definition) is 2. The van der Waals surface area contributed by atoms with E-state index in [-0.39, 0.29) is 12.0 Å². The second-order valence-corrected chi connectivity index (χ2v) is 3.69. The highest BCUT2D eigenvalue weighted by Crippen LogP contribution is 2.13. The van der Waals surface area contributed by atoms with Crippen LogP contribution in [0.3, 0.4) is 0 Å². The fourth-order valence-electron chi connectivity index (χ4n) is 1.83. The van der Waals surface area contributed by atoms with Crippen molar-refractivity contribution in [1.29, 1.82) is 0 Å². The Bertz CT molecular complexity index is 589. The maximum Gasteiger partial charge on any atom is 0.189 e. The van der Waals surface area contributed by atoms with Crippen molar-refractivity contribution in [3.8, 4) is 0 Å². The van der Waals surface area contributed by atoms with Gasteiger partial charge in [-0.1, -0.05) is 0 Å². The Hall–Kier alpha value is -1.68. The highest BCUT2D eigenvalue weighted by molar-refractivity contribution is 5.79. The van der Waals surface area contributed by atoms with E-state index in [1.54, 1.807) is 17.7 Å². The zero-order valence-corrected chi connectivity index (χ0v) is 8.90. The number of rotatable bonds is 2. The Labute approximate surface area is 91.8 Å². The highest BCUT2D eigenvalue weighted by atomic mass is 19.1. The predicted octanol–water partition coefficient (Wildman–Crippen LogP) is 1.21. The SMILES string of the molecule is Cn1c(CCO)cc(=O)c2cc(F)ccc21. The van der Waals surface area contributed by atoms with Crippen molar-refractivity contribution in [1.82, 2.24) is 4.57 Å². The van der Waals surface area contributed by atoms with E-state index in [0.29, 0.717) is 17.3 Å². The number of aryl methyl sites for hydroxylation is 1. The van der Waals surface area contributed by atoms with Crippen LogP contribution in [0.4, 0.5) is 4.39 Å². The molecule has 1 aromatic carbocycles. The minimum absolute atomic E-state index is 0.0139. The van der Waals surface area contributed by atoms with Crippen LogP contribution in [0.1, 0.15) is 5.69 Å². The van der Waals surface area contributed by atoms with Crippen LogP contribution in [0.25, 0.3) is 10.9 Å². The first kappa shape index (κ1) is 10.8. The molecule has 84 valence electrons. The summed E-state index contributed by atoms with van der Waals surface area (Å²) in [5, 5.41) is 9.24. The lowest BCUT2D eigenvalue weighted by molar-refractivity contribution is 0.297. The first-order valence-electron chi connectivity index (χ1n) is 5.02. The summed E-state index contributed by atoms with van der Waals surface area (Å²) in [4.78, 5) is 11.7. The van der Waals surface area contributed by atoms with Crippen LogP contribution in [0.5, 0.6) is 0 Å². The van der Waals surface area contributed by atoms with Gasteiger partial charge in [-0.25, -0.2) is 4.39 Å². The quantitative estimate of drug-likeness (QED) is 0.828. The number of aromatic nitrogens is 1. The van der Waals surface area contributed by atoms with Crippen molar-refractivity contribution in [2.75, 3.05) is 6.61 Å². The van der Waals surface area contributed by atoms with Crippen LogP contribution < -0.4 is 5.43 Å². The van der Waals surface area contributed by atoms with E-state index in [4.69, 9.17) is 5.11 Å². The van der Waals surface area contributed by atoms with Gasteiger partial charge in [-0.3, -0.25) is 4.79 Å². The number of pyridine rings is 1. The monoisotopic (exact) mass is 221 g/mol. The minimum Gasteiger partial charge on any atom is -0.396 e. The first-order chi connectivity index (χ1) is 7.63. The number of hydrogen-bond donors (Lipinski definition) is 1. The lowest BCUT2D eigenvalue weighted by Gasteiger charge is -2.11. The van der Waals surface area contributed by atoms with Gasteiger partial charge >= 0.3 is 0 Å². The molecular weight excluding hydrogens is 209 g/mol. The lowest BCUT2D eigenvalue weighted by Crippen LogP contribution is -2.12. The molecule has 0 saturated carbocycles. The molecule has 0 bridgehead atoms. The minimum atomic E-state index is -0.417. The maximum absolute atomic E-state index is 13.0. The third kappa shape index (κ3) is 1.72. The normalized spacial score (nSPS) is 10.9. The third-order valence-corrected chi connectivity index (χ3v) is 2.68. The number of fused-ring (bicyclic) bond motifs is 1. The molecule has 0 fully saturated rings. The smallest absolute Gasteiger partial charge is 0.189 e. The molecule has 0 aliphatic heterocycles. The third-order valence-electron chi connectivity index (χ3n) is 2.68. The number of halogens is 1. The summed E-state index contributed by atoms with van der Waals surface area (Å²) < 4.78 is 14.8. The molecule has 0 atom stereocenters. The summed E-state index contributed by atoms with van der Waals surface area (Å²) in [5.41, 5.74) is 1.21. The Morgan fingerprint density at radius 2 is 2.12 bits per heavy atom. The molecule has 2 aromatic rings. The van der Waals surface area contributed by atoms with E-state index in [9.17, 15) is 9.18 Å². The molecule has 16 heavy (non-hydrogen) atoms. The van der Waals surface area contributed by atoms with Crippen molar-refractivity contribution in [3.63, 3.8) is 0 Å². The number of nitrogens with zero attached hydrogens (tertiary/aromatic N) is 1. The standard InChI is InChI=1S/C12H12FNO2/c1-14-9(4-5-15)7-12(16)10-6-8(13)2-3-11(10)14/h2-3,6-7,15H,4-5H2,1H3. The molecule has 0 aliphatic rings. The van der Waals surface area contributed by atoms with Crippen molar-refractivity contribution >= 4 is 10.9 Å². The van der Waals surface area contributed by atoms with Crippen molar-refractivity contribution < 1.29 is 9.50 Å². The van der Waals surface area contributed by atoms with Gasteiger partial charge in [0.05, 0.1) is 5.52 Å². The first-order valence-corrected chi connectivity index (χ1v) is 5.02. The molecule has 0 aliphatic carbocycles. The largest absolute Gasteiger partial charge is 0.396 e. The molecule has 0 spiro atoms. The fourth-order valence-corrected chi connectivity index (χ4v) is 1.83. The van der Waals surface area contributed by atoms with Crippen LogP contribution in [0.15, 0.2) is 29.1 Å². The highest BCUT2D eigenvalue weighted by Gasteiger charge is 2.06. The van der Waals surface area contributed by atoms with E-state index in [1.807, 2.05) is 0 Å². The average molecular weight is 221 g/mol. The van der Waals surface area contributed by atoms with E-state index in [2.05, 4.69) is 0 Å². The topological polar surface area (TPSA) is 42.2 Å². The molecule has 1 aromatic heterocycles. The van der Waals surface area contributed by atoms with Gasteiger partial charge in [0.1, 0.15) is 5.82 Å². The zero-order chi connectivity index (χ0) is 11.7. The van der Waals surface area contributed by atoms with Gasteiger partial charge in [0, 0.05) is 37.2 Å². The summed E-state index contributed by atoms with van der Waals surface area (Å²) in [6, 6.07) is 5.58. The predicted molar refractivity (Wildman–Crippen MR) is 59.9 cm³/mol. The molecule has 3 nitrogen and oxygen atoms in total. The van der Waals surface area contributed by atoms with Crippen LogP contribution in [0.2, 0.25) is 0 Å². The Morgan fingerprint density at radius 3 is 2.81 bits per heavy atom. The molecule has 2 rings (SSSR count). The van der Waals surface area contributed by atoms with Gasteiger partial charge in [-0.2, -0.15) is 0 Å². The van der Waals surface area contributed by atoms with Gasteiger partial charge in [0.25, 0.3) is 0 Å². The number of benzene rings is 1.